The standard InChI is InChI=1S/C39H46F2N10O4/c1-23-13-18-49-32(19-23)27(20-42-49)37(53)43-28-22-50(45-34(28)36(40)41)26-9-7-24(8-10-26)21-46(2)25-14-16-48(17-15-25)29-5-4-6-30-35(29)47(3)39(55)51(30)31-11-12-33(52)44-38(31)54/h4-6,13,18-20,22,24-26,31,36H,7-12,14-17,21H2,1-3H3,(H,43,53)(H,44,52,54)/t24-,26-,31?. The molecule has 5 aromatic rings. The van der Waals surface area contributed by atoms with Crippen molar-refractivity contribution in [2.45, 2.75) is 82.8 Å². The summed E-state index contributed by atoms with van der Waals surface area (Å²) in [5.74, 6) is -0.796. The van der Waals surface area contributed by atoms with Gasteiger partial charge < -0.3 is 15.1 Å². The van der Waals surface area contributed by atoms with Crippen LogP contribution >= 0.6 is 0 Å². The molecule has 3 amide bonds. The number of benzene rings is 1. The Morgan fingerprint density at radius 3 is 2.53 bits per heavy atom. The molecular weight excluding hydrogens is 710 g/mol. The van der Waals surface area contributed by atoms with E-state index in [0.717, 1.165) is 74.9 Å². The molecule has 3 aliphatic rings. The topological polar surface area (TPSA) is 144 Å². The van der Waals surface area contributed by atoms with E-state index in [1.54, 1.807) is 33.2 Å². The molecule has 1 aromatic carbocycles. The molecule has 0 spiro atoms. The number of halogens is 2. The molecule has 1 unspecified atom stereocenters. The number of para-hydroxylation sites is 1. The second-order valence-corrected chi connectivity index (χ2v) is 15.4. The fourth-order valence-corrected chi connectivity index (χ4v) is 8.90. The van der Waals surface area contributed by atoms with Gasteiger partial charge in [0.1, 0.15) is 6.04 Å². The lowest BCUT2D eigenvalue weighted by molar-refractivity contribution is -0.135. The molecule has 2 saturated heterocycles. The molecule has 1 saturated carbocycles. The van der Waals surface area contributed by atoms with Crippen molar-refractivity contribution in [3.63, 3.8) is 0 Å². The SMILES string of the molecule is Cc1ccn2ncc(C(=O)Nc3cn([C@H]4CC[C@H](CN(C)C5CCN(c6cccc7c6n(C)c(=O)n7C6CCC(=O)NC6=O)CC5)CC4)nc3C(F)F)c2c1. The van der Waals surface area contributed by atoms with Crippen LogP contribution in [0.1, 0.15) is 91.5 Å². The van der Waals surface area contributed by atoms with E-state index in [1.807, 2.05) is 37.3 Å². The summed E-state index contributed by atoms with van der Waals surface area (Å²) in [5.41, 5.74) is 3.61. The van der Waals surface area contributed by atoms with Crippen molar-refractivity contribution in [3.8, 4) is 0 Å². The fraction of sp³-hybridized carbons (Fsp3) is 0.487. The lowest BCUT2D eigenvalue weighted by Gasteiger charge is -2.40. The number of alkyl halides is 2. The van der Waals surface area contributed by atoms with Gasteiger partial charge in [0.15, 0.2) is 5.69 Å². The van der Waals surface area contributed by atoms with Gasteiger partial charge in [-0.3, -0.25) is 33.5 Å². The van der Waals surface area contributed by atoms with Crippen LogP contribution in [0.5, 0.6) is 0 Å². The van der Waals surface area contributed by atoms with Gasteiger partial charge in [0.2, 0.25) is 11.8 Å². The monoisotopic (exact) mass is 756 g/mol. The number of piperidine rings is 2. The number of hydrogen-bond acceptors (Lipinski definition) is 8. The van der Waals surface area contributed by atoms with Gasteiger partial charge in [-0.1, -0.05) is 6.07 Å². The van der Waals surface area contributed by atoms with Gasteiger partial charge in [0.25, 0.3) is 12.3 Å². The molecule has 1 aliphatic carbocycles. The van der Waals surface area contributed by atoms with Crippen LogP contribution in [0.2, 0.25) is 0 Å². The molecule has 4 aromatic heterocycles. The third-order valence-corrected chi connectivity index (χ3v) is 11.9. The van der Waals surface area contributed by atoms with Gasteiger partial charge in [-0.25, -0.2) is 18.1 Å². The minimum absolute atomic E-state index is 0.0190. The number of amides is 3. The number of rotatable bonds is 9. The minimum Gasteiger partial charge on any atom is -0.370 e. The van der Waals surface area contributed by atoms with E-state index in [9.17, 15) is 28.0 Å². The van der Waals surface area contributed by atoms with Crippen molar-refractivity contribution in [1.29, 1.82) is 0 Å². The molecule has 290 valence electrons. The number of carbonyl (C=O) groups is 3. The first-order chi connectivity index (χ1) is 26.5. The largest absolute Gasteiger partial charge is 0.370 e. The highest BCUT2D eigenvalue weighted by atomic mass is 19.3. The molecule has 0 radical (unpaired) electrons. The summed E-state index contributed by atoms with van der Waals surface area (Å²) >= 11 is 0. The predicted octanol–water partition coefficient (Wildman–Crippen LogP) is 4.99. The van der Waals surface area contributed by atoms with Crippen molar-refractivity contribution < 1.29 is 23.2 Å². The van der Waals surface area contributed by atoms with Gasteiger partial charge in [0, 0.05) is 51.5 Å². The molecule has 2 N–H and O–H groups in total. The van der Waals surface area contributed by atoms with Crippen LogP contribution in [0, 0.1) is 12.8 Å². The number of aromatic nitrogens is 6. The highest BCUT2D eigenvalue weighted by molar-refractivity contribution is 6.09. The maximum atomic E-state index is 14.1. The Morgan fingerprint density at radius 1 is 1.04 bits per heavy atom. The molecule has 8 rings (SSSR count). The van der Waals surface area contributed by atoms with Crippen molar-refractivity contribution >= 4 is 45.6 Å². The van der Waals surface area contributed by atoms with Crippen LogP contribution in [-0.4, -0.2) is 83.9 Å². The van der Waals surface area contributed by atoms with Gasteiger partial charge in [0.05, 0.1) is 45.7 Å². The van der Waals surface area contributed by atoms with Crippen molar-refractivity contribution in [2.75, 3.05) is 36.9 Å². The van der Waals surface area contributed by atoms with E-state index in [-0.39, 0.29) is 29.7 Å². The molecule has 14 nitrogen and oxygen atoms in total. The van der Waals surface area contributed by atoms with Crippen LogP contribution in [0.25, 0.3) is 16.6 Å². The van der Waals surface area contributed by atoms with Gasteiger partial charge >= 0.3 is 5.69 Å². The molecule has 16 heteroatoms. The lowest BCUT2D eigenvalue weighted by Crippen LogP contribution is -2.45. The normalized spacial score (nSPS) is 21.3. The van der Waals surface area contributed by atoms with E-state index in [1.165, 1.54) is 10.8 Å². The van der Waals surface area contributed by atoms with E-state index in [0.29, 0.717) is 35.0 Å². The number of imide groups is 1. The summed E-state index contributed by atoms with van der Waals surface area (Å²) in [4.78, 5) is 55.9. The summed E-state index contributed by atoms with van der Waals surface area (Å²) < 4.78 is 34.6. The van der Waals surface area contributed by atoms with Crippen LogP contribution in [0.4, 0.5) is 20.2 Å². The first kappa shape index (κ1) is 36.6. The average Bonchev–Trinajstić information content (AvgIpc) is 3.86. The summed E-state index contributed by atoms with van der Waals surface area (Å²) in [6.07, 6.45) is 7.81. The molecule has 0 bridgehead atoms. The predicted molar refractivity (Wildman–Crippen MR) is 203 cm³/mol. The highest BCUT2D eigenvalue weighted by Gasteiger charge is 2.34. The Labute approximate surface area is 316 Å². The Hall–Kier alpha value is -5.38. The maximum Gasteiger partial charge on any atom is 0.329 e. The Balaban J connectivity index is 0.869. The number of imidazole rings is 1. The second-order valence-electron chi connectivity index (χ2n) is 15.4. The molecule has 1 atom stereocenters. The van der Waals surface area contributed by atoms with Crippen molar-refractivity contribution in [1.82, 2.24) is 38.7 Å². The smallest absolute Gasteiger partial charge is 0.329 e. The van der Waals surface area contributed by atoms with Crippen LogP contribution in [-0.2, 0) is 16.6 Å². The molecular formula is C39H46F2N10O4. The maximum absolute atomic E-state index is 14.1. The molecule has 6 heterocycles. The fourth-order valence-electron chi connectivity index (χ4n) is 8.90. The number of nitrogens with one attached hydrogen (secondary N) is 2. The minimum atomic E-state index is -2.84. The number of nitrogens with zero attached hydrogens (tertiary/aromatic N) is 8. The van der Waals surface area contributed by atoms with E-state index in [2.05, 4.69) is 37.7 Å². The Morgan fingerprint density at radius 2 is 1.80 bits per heavy atom. The van der Waals surface area contributed by atoms with Gasteiger partial charge in [-0.05, 0) is 94.7 Å². The van der Waals surface area contributed by atoms with E-state index < -0.39 is 30.0 Å². The first-order valence-electron chi connectivity index (χ1n) is 19.1. The quantitative estimate of drug-likeness (QED) is 0.200. The first-order valence-corrected chi connectivity index (χ1v) is 19.1. The van der Waals surface area contributed by atoms with Gasteiger partial charge in [-0.2, -0.15) is 10.2 Å². The molecule has 55 heavy (non-hydrogen) atoms. The number of hydrogen-bond donors (Lipinski definition) is 2. The van der Waals surface area contributed by atoms with E-state index in [4.69, 9.17) is 0 Å². The van der Waals surface area contributed by atoms with Crippen molar-refractivity contribution in [2.24, 2.45) is 13.0 Å². The third-order valence-electron chi connectivity index (χ3n) is 11.9. The summed E-state index contributed by atoms with van der Waals surface area (Å²) in [6.45, 7) is 4.49. The van der Waals surface area contributed by atoms with Crippen molar-refractivity contribution in [3.05, 3.63) is 76.2 Å². The van der Waals surface area contributed by atoms with E-state index >= 15 is 0 Å². The number of pyridine rings is 1. The number of fused-ring (bicyclic) bond motifs is 2. The summed E-state index contributed by atoms with van der Waals surface area (Å²) in [5, 5.41) is 13.5. The summed E-state index contributed by atoms with van der Waals surface area (Å²) in [6, 6.07) is 9.17. The van der Waals surface area contributed by atoms with Crippen LogP contribution in [0.15, 0.2) is 53.7 Å². The summed E-state index contributed by atoms with van der Waals surface area (Å²) in [7, 11) is 3.91. The molecule has 3 fully saturated rings. The Kier molecular flexibility index (Phi) is 9.78. The number of aryl methyl sites for hydroxylation is 2. The van der Waals surface area contributed by atoms with Crippen LogP contribution in [0.3, 0.4) is 0 Å². The zero-order chi connectivity index (χ0) is 38.5. The van der Waals surface area contributed by atoms with Gasteiger partial charge in [-0.15, -0.1) is 0 Å². The average molecular weight is 757 g/mol. The second kappa shape index (κ2) is 14.7. The zero-order valence-corrected chi connectivity index (χ0v) is 31.3. The lowest BCUT2D eigenvalue weighted by atomic mass is 9.85. The number of carbonyl (C=O) groups excluding carboxylic acids is 3. The van der Waals surface area contributed by atoms with Crippen LogP contribution < -0.4 is 21.2 Å². The Bertz CT molecular complexity index is 2330. The number of anilines is 2. The highest BCUT2D eigenvalue weighted by Crippen LogP contribution is 2.37. The third kappa shape index (κ3) is 6.91. The molecule has 2 aliphatic heterocycles. The zero-order valence-electron chi connectivity index (χ0n) is 31.3.